The Bertz CT molecular complexity index is 835. The number of likely N-dealkylation sites (tertiary alicyclic amines) is 2. The molecule has 3 amide bonds. The molecule has 144 valence electrons. The van der Waals surface area contributed by atoms with Gasteiger partial charge in [-0.15, -0.1) is 0 Å². The Labute approximate surface area is 157 Å². The molecule has 1 aromatic carbocycles. The number of hydrogen-bond acceptors (Lipinski definition) is 4. The SMILES string of the molecule is O=C(NC1CCN(C(=O)N2CCCC2)CC1)c1ccc2nc(CO)[nH]c2c1. The van der Waals surface area contributed by atoms with Crippen molar-refractivity contribution < 1.29 is 14.7 Å². The van der Waals surface area contributed by atoms with E-state index in [0.29, 0.717) is 24.5 Å². The van der Waals surface area contributed by atoms with Gasteiger partial charge in [-0.1, -0.05) is 0 Å². The fourth-order valence-corrected chi connectivity index (χ4v) is 3.87. The Hall–Kier alpha value is -2.61. The van der Waals surface area contributed by atoms with Crippen molar-refractivity contribution in [1.29, 1.82) is 0 Å². The molecule has 0 spiro atoms. The Balaban J connectivity index is 1.33. The number of aliphatic hydroxyl groups excluding tert-OH is 1. The van der Waals surface area contributed by atoms with Gasteiger partial charge in [0.15, 0.2) is 0 Å². The molecule has 0 aliphatic carbocycles. The monoisotopic (exact) mass is 371 g/mol. The zero-order valence-corrected chi connectivity index (χ0v) is 15.3. The first-order valence-electron chi connectivity index (χ1n) is 9.58. The second-order valence-corrected chi connectivity index (χ2v) is 7.29. The third kappa shape index (κ3) is 3.75. The molecule has 0 atom stereocenters. The fraction of sp³-hybridized carbons (Fsp3) is 0.526. The number of hydrogen-bond donors (Lipinski definition) is 3. The molecule has 2 aliphatic rings. The van der Waals surface area contributed by atoms with E-state index in [4.69, 9.17) is 5.11 Å². The number of aromatic nitrogens is 2. The van der Waals surface area contributed by atoms with Crippen LogP contribution < -0.4 is 5.32 Å². The van der Waals surface area contributed by atoms with Crippen LogP contribution in [0.4, 0.5) is 4.79 Å². The molecule has 2 fully saturated rings. The number of H-pyrrole nitrogens is 1. The van der Waals surface area contributed by atoms with E-state index in [1.807, 2.05) is 9.80 Å². The number of fused-ring (bicyclic) bond motifs is 1. The normalized spacial score (nSPS) is 18.3. The molecule has 0 bridgehead atoms. The highest BCUT2D eigenvalue weighted by molar-refractivity contribution is 5.97. The molecule has 8 heteroatoms. The molecule has 0 unspecified atom stereocenters. The highest BCUT2D eigenvalue weighted by Gasteiger charge is 2.28. The largest absolute Gasteiger partial charge is 0.388 e. The van der Waals surface area contributed by atoms with Gasteiger partial charge in [0.05, 0.1) is 11.0 Å². The zero-order valence-electron chi connectivity index (χ0n) is 15.3. The first-order valence-corrected chi connectivity index (χ1v) is 9.58. The summed E-state index contributed by atoms with van der Waals surface area (Å²) in [7, 11) is 0. The Morgan fingerprint density at radius 1 is 1.15 bits per heavy atom. The zero-order chi connectivity index (χ0) is 18.8. The van der Waals surface area contributed by atoms with E-state index in [1.165, 1.54) is 0 Å². The molecular weight excluding hydrogens is 346 g/mol. The van der Waals surface area contributed by atoms with Gasteiger partial charge in [-0.25, -0.2) is 9.78 Å². The fourth-order valence-electron chi connectivity index (χ4n) is 3.87. The van der Waals surface area contributed by atoms with Crippen LogP contribution in [0.15, 0.2) is 18.2 Å². The molecule has 3 heterocycles. The van der Waals surface area contributed by atoms with Gasteiger partial charge in [0.25, 0.3) is 5.91 Å². The number of nitrogens with zero attached hydrogens (tertiary/aromatic N) is 3. The van der Waals surface area contributed by atoms with Crippen molar-refractivity contribution in [3.8, 4) is 0 Å². The van der Waals surface area contributed by atoms with E-state index >= 15 is 0 Å². The third-order valence-electron chi connectivity index (χ3n) is 5.42. The number of aromatic amines is 1. The highest BCUT2D eigenvalue weighted by Crippen LogP contribution is 2.18. The molecule has 27 heavy (non-hydrogen) atoms. The van der Waals surface area contributed by atoms with Gasteiger partial charge in [0.1, 0.15) is 12.4 Å². The topological polar surface area (TPSA) is 102 Å². The maximum Gasteiger partial charge on any atom is 0.319 e. The molecule has 0 radical (unpaired) electrons. The third-order valence-corrected chi connectivity index (χ3v) is 5.42. The standard InChI is InChI=1S/C19H25N5O3/c25-12-17-21-15-4-3-13(11-16(15)22-17)18(26)20-14-5-9-24(10-6-14)19(27)23-7-1-2-8-23/h3-4,11,14,25H,1-2,5-10,12H2,(H,20,26)(H,21,22). The first-order chi connectivity index (χ1) is 13.1. The first kappa shape index (κ1) is 17.8. The molecule has 8 nitrogen and oxygen atoms in total. The number of amides is 3. The number of rotatable bonds is 3. The van der Waals surface area contributed by atoms with Crippen molar-refractivity contribution in [2.75, 3.05) is 26.2 Å². The van der Waals surface area contributed by atoms with Crippen LogP contribution in [0, 0.1) is 0 Å². The van der Waals surface area contributed by atoms with Crippen LogP contribution in [-0.2, 0) is 6.61 Å². The van der Waals surface area contributed by atoms with Gasteiger partial charge in [0.2, 0.25) is 0 Å². The Kier molecular flexibility index (Phi) is 4.98. The van der Waals surface area contributed by atoms with Gasteiger partial charge in [-0.2, -0.15) is 0 Å². The van der Waals surface area contributed by atoms with Crippen LogP contribution in [-0.4, -0.2) is 69.0 Å². The number of urea groups is 1. The van der Waals surface area contributed by atoms with Gasteiger partial charge >= 0.3 is 6.03 Å². The average Bonchev–Trinajstić information content (AvgIpc) is 3.36. The number of nitrogens with one attached hydrogen (secondary N) is 2. The quantitative estimate of drug-likeness (QED) is 0.760. The van der Waals surface area contributed by atoms with E-state index in [1.54, 1.807) is 18.2 Å². The van der Waals surface area contributed by atoms with Gasteiger partial charge < -0.3 is 25.2 Å². The summed E-state index contributed by atoms with van der Waals surface area (Å²) >= 11 is 0. The summed E-state index contributed by atoms with van der Waals surface area (Å²) in [6, 6.07) is 5.48. The van der Waals surface area contributed by atoms with E-state index in [2.05, 4.69) is 15.3 Å². The molecule has 2 aromatic rings. The van der Waals surface area contributed by atoms with Crippen molar-refractivity contribution in [2.45, 2.75) is 38.3 Å². The van der Waals surface area contributed by atoms with E-state index in [-0.39, 0.29) is 24.6 Å². The van der Waals surface area contributed by atoms with Crippen molar-refractivity contribution in [3.63, 3.8) is 0 Å². The van der Waals surface area contributed by atoms with Crippen LogP contribution in [0.2, 0.25) is 0 Å². The van der Waals surface area contributed by atoms with Crippen LogP contribution in [0.25, 0.3) is 11.0 Å². The maximum atomic E-state index is 12.6. The maximum absolute atomic E-state index is 12.6. The summed E-state index contributed by atoms with van der Waals surface area (Å²) < 4.78 is 0. The number of benzene rings is 1. The lowest BCUT2D eigenvalue weighted by molar-refractivity contribution is 0.0913. The summed E-state index contributed by atoms with van der Waals surface area (Å²) in [6.07, 6.45) is 3.73. The molecular formula is C19H25N5O3. The summed E-state index contributed by atoms with van der Waals surface area (Å²) in [4.78, 5) is 36.1. The van der Waals surface area contributed by atoms with Crippen molar-refractivity contribution in [1.82, 2.24) is 25.1 Å². The molecule has 2 aliphatic heterocycles. The predicted octanol–water partition coefficient (Wildman–Crippen LogP) is 1.47. The van der Waals surface area contributed by atoms with E-state index in [0.717, 1.165) is 49.8 Å². The molecule has 2 saturated heterocycles. The van der Waals surface area contributed by atoms with Crippen molar-refractivity contribution in [3.05, 3.63) is 29.6 Å². The van der Waals surface area contributed by atoms with Crippen LogP contribution in [0.1, 0.15) is 41.9 Å². The van der Waals surface area contributed by atoms with Gasteiger partial charge in [-0.05, 0) is 43.9 Å². The minimum Gasteiger partial charge on any atom is -0.388 e. The van der Waals surface area contributed by atoms with Gasteiger partial charge in [-0.3, -0.25) is 4.79 Å². The lowest BCUT2D eigenvalue weighted by atomic mass is 10.0. The molecule has 1 aromatic heterocycles. The Morgan fingerprint density at radius 3 is 2.56 bits per heavy atom. The molecule has 0 saturated carbocycles. The summed E-state index contributed by atoms with van der Waals surface area (Å²) in [5, 5.41) is 12.2. The van der Waals surface area contributed by atoms with Crippen LogP contribution in [0.5, 0.6) is 0 Å². The number of aliphatic hydroxyl groups is 1. The number of imidazole rings is 1. The minimum atomic E-state index is -0.162. The number of piperidine rings is 1. The minimum absolute atomic E-state index is 0.0746. The molecule has 3 N–H and O–H groups in total. The summed E-state index contributed by atoms with van der Waals surface area (Å²) in [5.41, 5.74) is 2.02. The number of carbonyl (C=O) groups is 2. The number of carbonyl (C=O) groups excluding carboxylic acids is 2. The van der Waals surface area contributed by atoms with Crippen LogP contribution in [0.3, 0.4) is 0 Å². The second kappa shape index (κ2) is 7.56. The Morgan fingerprint density at radius 2 is 1.85 bits per heavy atom. The lowest BCUT2D eigenvalue weighted by Gasteiger charge is -2.34. The van der Waals surface area contributed by atoms with Crippen molar-refractivity contribution in [2.24, 2.45) is 0 Å². The second-order valence-electron chi connectivity index (χ2n) is 7.29. The summed E-state index contributed by atoms with van der Waals surface area (Å²) in [6.45, 7) is 2.93. The van der Waals surface area contributed by atoms with Crippen LogP contribution >= 0.6 is 0 Å². The summed E-state index contributed by atoms with van der Waals surface area (Å²) in [5.74, 6) is 0.360. The predicted molar refractivity (Wildman–Crippen MR) is 100 cm³/mol. The highest BCUT2D eigenvalue weighted by atomic mass is 16.3. The smallest absolute Gasteiger partial charge is 0.319 e. The average molecular weight is 371 g/mol. The van der Waals surface area contributed by atoms with E-state index < -0.39 is 0 Å². The van der Waals surface area contributed by atoms with E-state index in [9.17, 15) is 9.59 Å². The molecule has 4 rings (SSSR count). The van der Waals surface area contributed by atoms with Crippen molar-refractivity contribution >= 4 is 23.0 Å². The lowest BCUT2D eigenvalue weighted by Crippen LogP contribution is -2.50. The van der Waals surface area contributed by atoms with Gasteiger partial charge in [0, 0.05) is 37.8 Å².